The smallest absolute Gasteiger partial charge is 0.119 e. The molecule has 4 rings (SSSR count). The fourth-order valence-corrected chi connectivity index (χ4v) is 3.67. The van der Waals surface area contributed by atoms with Gasteiger partial charge in [-0.1, -0.05) is 84.4 Å². The van der Waals surface area contributed by atoms with Crippen LogP contribution >= 0.6 is 0 Å². The van der Waals surface area contributed by atoms with Crippen molar-refractivity contribution >= 4 is 0 Å². The Morgan fingerprint density at radius 1 is 0.552 bits per heavy atom. The average Bonchev–Trinajstić information content (AvgIpc) is 2.75. The molecule has 0 atom stereocenters. The van der Waals surface area contributed by atoms with Crippen LogP contribution in [-0.2, 0) is 0 Å². The molecule has 0 aliphatic heterocycles. The number of hydrogen-bond donors (Lipinski definition) is 0. The molecule has 0 heterocycles. The topological polar surface area (TPSA) is 9.23 Å². The monoisotopic (exact) mass is 378 g/mol. The highest BCUT2D eigenvalue weighted by Crippen LogP contribution is 2.31. The van der Waals surface area contributed by atoms with Gasteiger partial charge in [0.15, 0.2) is 0 Å². The van der Waals surface area contributed by atoms with E-state index in [1.165, 1.54) is 44.5 Å². The molecule has 1 nitrogen and oxygen atoms in total. The van der Waals surface area contributed by atoms with Gasteiger partial charge in [-0.15, -0.1) is 0 Å². The van der Waals surface area contributed by atoms with E-state index in [-0.39, 0.29) is 0 Å². The Morgan fingerprint density at radius 3 is 1.62 bits per heavy atom. The van der Waals surface area contributed by atoms with Crippen LogP contribution in [-0.4, -0.2) is 6.61 Å². The summed E-state index contributed by atoms with van der Waals surface area (Å²) in [7, 11) is 0. The summed E-state index contributed by atoms with van der Waals surface area (Å²) in [4.78, 5) is 0. The van der Waals surface area contributed by atoms with E-state index >= 15 is 0 Å². The summed E-state index contributed by atoms with van der Waals surface area (Å²) in [6.07, 6.45) is 0. The van der Waals surface area contributed by atoms with Crippen molar-refractivity contribution < 1.29 is 4.74 Å². The lowest BCUT2D eigenvalue weighted by molar-refractivity contribution is 0.340. The quantitative estimate of drug-likeness (QED) is 0.346. The minimum Gasteiger partial charge on any atom is -0.494 e. The van der Waals surface area contributed by atoms with E-state index in [4.69, 9.17) is 4.74 Å². The molecule has 1 heteroatoms. The molecule has 0 N–H and O–H groups in total. The molecule has 0 bridgehead atoms. The number of aryl methyl sites for hydroxylation is 2. The van der Waals surface area contributed by atoms with Crippen LogP contribution in [0.1, 0.15) is 18.1 Å². The number of ether oxygens (including phenoxy) is 1. The summed E-state index contributed by atoms with van der Waals surface area (Å²) in [6.45, 7) is 7.00. The molecule has 0 amide bonds. The molecule has 4 aromatic carbocycles. The second kappa shape index (κ2) is 8.36. The molecule has 4 aromatic rings. The molecule has 0 aliphatic carbocycles. The molecular formula is C28H26O. The zero-order valence-corrected chi connectivity index (χ0v) is 17.3. The van der Waals surface area contributed by atoms with Gasteiger partial charge in [0.2, 0.25) is 0 Å². The van der Waals surface area contributed by atoms with E-state index in [1.807, 2.05) is 19.1 Å². The van der Waals surface area contributed by atoms with E-state index < -0.39 is 0 Å². The Balaban J connectivity index is 1.58. The maximum Gasteiger partial charge on any atom is 0.119 e. The first-order valence-electron chi connectivity index (χ1n) is 10.2. The normalized spacial score (nSPS) is 10.7. The van der Waals surface area contributed by atoms with Gasteiger partial charge >= 0.3 is 0 Å². The highest BCUT2D eigenvalue weighted by molar-refractivity contribution is 5.75. The predicted octanol–water partition coefficient (Wildman–Crippen LogP) is 7.70. The largest absolute Gasteiger partial charge is 0.494 e. The maximum absolute atomic E-state index is 5.53. The van der Waals surface area contributed by atoms with Crippen LogP contribution in [0.3, 0.4) is 0 Å². The van der Waals surface area contributed by atoms with Crippen LogP contribution in [0.2, 0.25) is 0 Å². The van der Waals surface area contributed by atoms with Crippen molar-refractivity contribution in [1.29, 1.82) is 0 Å². The maximum atomic E-state index is 5.53. The summed E-state index contributed by atoms with van der Waals surface area (Å²) in [5.41, 5.74) is 10.0. The Hall–Kier alpha value is -3.32. The molecule has 0 radical (unpaired) electrons. The zero-order chi connectivity index (χ0) is 20.2. The van der Waals surface area contributed by atoms with Crippen LogP contribution in [0.15, 0.2) is 91.0 Å². The fourth-order valence-electron chi connectivity index (χ4n) is 3.67. The molecule has 144 valence electrons. The fraction of sp³-hybridized carbons (Fsp3) is 0.143. The van der Waals surface area contributed by atoms with Crippen molar-refractivity contribution in [3.63, 3.8) is 0 Å². The molecule has 0 fully saturated rings. The van der Waals surface area contributed by atoms with E-state index in [2.05, 4.69) is 92.7 Å². The van der Waals surface area contributed by atoms with Gasteiger partial charge in [0.1, 0.15) is 5.75 Å². The standard InChI is InChI=1S/C28H26O/c1-4-29-27-16-13-23(14-17-27)22-9-11-25(12-10-22)28-18-15-26(19-21(28)3)24-7-5-20(2)6-8-24/h5-19H,4H2,1-3H3. The van der Waals surface area contributed by atoms with Gasteiger partial charge in [-0.25, -0.2) is 0 Å². The average molecular weight is 379 g/mol. The second-order valence-corrected chi connectivity index (χ2v) is 7.43. The van der Waals surface area contributed by atoms with Crippen molar-refractivity contribution in [3.05, 3.63) is 102 Å². The number of hydrogen-bond acceptors (Lipinski definition) is 1. The minimum atomic E-state index is 0.691. The van der Waals surface area contributed by atoms with Crippen LogP contribution in [0.25, 0.3) is 33.4 Å². The summed E-state index contributed by atoms with van der Waals surface area (Å²) >= 11 is 0. The van der Waals surface area contributed by atoms with Crippen molar-refractivity contribution in [2.24, 2.45) is 0 Å². The number of benzene rings is 4. The highest BCUT2D eigenvalue weighted by atomic mass is 16.5. The third kappa shape index (κ3) is 4.25. The van der Waals surface area contributed by atoms with Crippen molar-refractivity contribution in [3.8, 4) is 39.1 Å². The zero-order valence-electron chi connectivity index (χ0n) is 17.3. The third-order valence-corrected chi connectivity index (χ3v) is 5.31. The summed E-state index contributed by atoms with van der Waals surface area (Å²) < 4.78 is 5.53. The van der Waals surface area contributed by atoms with Crippen LogP contribution < -0.4 is 4.74 Å². The van der Waals surface area contributed by atoms with Gasteiger partial charge in [-0.3, -0.25) is 0 Å². The summed E-state index contributed by atoms with van der Waals surface area (Å²) in [5, 5.41) is 0. The summed E-state index contributed by atoms with van der Waals surface area (Å²) in [5.74, 6) is 0.914. The lowest BCUT2D eigenvalue weighted by atomic mass is 9.94. The molecule has 0 spiro atoms. The van der Waals surface area contributed by atoms with Crippen LogP contribution in [0, 0.1) is 13.8 Å². The molecule has 0 unspecified atom stereocenters. The van der Waals surface area contributed by atoms with Gasteiger partial charge in [0.25, 0.3) is 0 Å². The van der Waals surface area contributed by atoms with Gasteiger partial charge < -0.3 is 4.74 Å². The molecule has 0 saturated carbocycles. The molecule has 0 aromatic heterocycles. The van der Waals surface area contributed by atoms with Gasteiger partial charge in [-0.05, 0) is 71.8 Å². The molecule has 29 heavy (non-hydrogen) atoms. The van der Waals surface area contributed by atoms with E-state index in [0.717, 1.165) is 5.75 Å². The first-order valence-corrected chi connectivity index (χ1v) is 10.2. The molecule has 0 aliphatic rings. The molecular weight excluding hydrogens is 352 g/mol. The SMILES string of the molecule is CCOc1ccc(-c2ccc(-c3ccc(-c4ccc(C)cc4)cc3C)cc2)cc1. The highest BCUT2D eigenvalue weighted by Gasteiger charge is 2.06. The first kappa shape index (κ1) is 19.0. The van der Waals surface area contributed by atoms with E-state index in [0.29, 0.717) is 6.61 Å². The Morgan fingerprint density at radius 2 is 1.03 bits per heavy atom. The van der Waals surface area contributed by atoms with Crippen molar-refractivity contribution in [2.45, 2.75) is 20.8 Å². The lowest BCUT2D eigenvalue weighted by Crippen LogP contribution is -1.90. The van der Waals surface area contributed by atoms with Crippen molar-refractivity contribution in [1.82, 2.24) is 0 Å². The first-order chi connectivity index (χ1) is 14.1. The van der Waals surface area contributed by atoms with E-state index in [1.54, 1.807) is 0 Å². The minimum absolute atomic E-state index is 0.691. The number of rotatable bonds is 5. The lowest BCUT2D eigenvalue weighted by Gasteiger charge is -2.11. The van der Waals surface area contributed by atoms with Gasteiger partial charge in [0.05, 0.1) is 6.61 Å². The second-order valence-electron chi connectivity index (χ2n) is 7.43. The summed E-state index contributed by atoms with van der Waals surface area (Å²) in [6, 6.07) is 32.5. The van der Waals surface area contributed by atoms with Crippen LogP contribution in [0.4, 0.5) is 0 Å². The Bertz CT molecular complexity index is 1090. The third-order valence-electron chi connectivity index (χ3n) is 5.31. The Kier molecular flexibility index (Phi) is 5.48. The van der Waals surface area contributed by atoms with E-state index in [9.17, 15) is 0 Å². The predicted molar refractivity (Wildman–Crippen MR) is 123 cm³/mol. The Labute approximate surface area is 173 Å². The van der Waals surface area contributed by atoms with Gasteiger partial charge in [-0.2, -0.15) is 0 Å². The van der Waals surface area contributed by atoms with Crippen LogP contribution in [0.5, 0.6) is 5.75 Å². The van der Waals surface area contributed by atoms with Gasteiger partial charge in [0, 0.05) is 0 Å². The van der Waals surface area contributed by atoms with Crippen molar-refractivity contribution in [2.75, 3.05) is 6.61 Å². The molecule has 0 saturated heterocycles.